The fourth-order valence-electron chi connectivity index (χ4n) is 2.07. The summed E-state index contributed by atoms with van der Waals surface area (Å²) in [5.74, 6) is 0.121. The fourth-order valence-corrected chi connectivity index (χ4v) is 3.25. The van der Waals surface area contributed by atoms with Gasteiger partial charge in [-0.05, 0) is 0 Å². The van der Waals surface area contributed by atoms with Gasteiger partial charge in [0.2, 0.25) is 0 Å². The third-order valence-electron chi connectivity index (χ3n) is 3.09. The molecule has 5 nitrogen and oxygen atoms in total. The van der Waals surface area contributed by atoms with E-state index in [4.69, 9.17) is 20.9 Å². The van der Waals surface area contributed by atoms with Gasteiger partial charge in [-0.2, -0.15) is 0 Å². The minimum atomic E-state index is -0.0826. The number of nitrogens with zero attached hydrogens (tertiary/aromatic N) is 2. The Balaban J connectivity index is 2.20. The molecule has 0 bridgehead atoms. The first-order chi connectivity index (χ1) is 8.88. The number of amidine groups is 1. The van der Waals surface area contributed by atoms with Crippen LogP contribution in [0.1, 0.15) is 36.3 Å². The largest absolute Gasteiger partial charge is 0.383 e. The molecule has 106 valence electrons. The van der Waals surface area contributed by atoms with Crippen molar-refractivity contribution in [3.8, 4) is 0 Å². The predicted octanol–water partition coefficient (Wildman–Crippen LogP) is 1.56. The molecule has 1 fully saturated rings. The smallest absolute Gasteiger partial charge is 0.135 e. The van der Waals surface area contributed by atoms with Crippen LogP contribution in [0.15, 0.2) is 0 Å². The number of thiazole rings is 1. The molecule has 0 atom stereocenters. The first-order valence-corrected chi connectivity index (χ1v) is 7.34. The van der Waals surface area contributed by atoms with E-state index in [-0.39, 0.29) is 11.3 Å². The number of hydrogen-bond acceptors (Lipinski definition) is 5. The highest BCUT2D eigenvalue weighted by atomic mass is 32.1. The average Bonchev–Trinajstić information content (AvgIpc) is 2.74. The Morgan fingerprint density at radius 1 is 1.42 bits per heavy atom. The molecule has 1 saturated heterocycles. The van der Waals surface area contributed by atoms with E-state index < -0.39 is 0 Å². The molecule has 0 saturated carbocycles. The number of nitrogen functional groups attached to an aromatic ring is 1. The molecule has 0 aliphatic carbocycles. The lowest BCUT2D eigenvalue weighted by Crippen LogP contribution is -2.35. The third-order valence-corrected chi connectivity index (χ3v) is 4.16. The third kappa shape index (κ3) is 3.52. The van der Waals surface area contributed by atoms with Crippen LogP contribution in [-0.2, 0) is 16.7 Å². The van der Waals surface area contributed by atoms with Crippen LogP contribution in [0.3, 0.4) is 0 Å². The molecule has 0 spiro atoms. The first-order valence-electron chi connectivity index (χ1n) is 6.52. The number of morpholine rings is 1. The van der Waals surface area contributed by atoms with Gasteiger partial charge in [0.1, 0.15) is 10.8 Å². The van der Waals surface area contributed by atoms with Crippen molar-refractivity contribution in [2.45, 2.75) is 32.7 Å². The Bertz CT molecular complexity index is 458. The van der Waals surface area contributed by atoms with E-state index in [0.29, 0.717) is 0 Å². The van der Waals surface area contributed by atoms with Crippen LogP contribution in [0.25, 0.3) is 0 Å². The second kappa shape index (κ2) is 5.56. The number of rotatable bonds is 3. The maximum atomic E-state index is 7.70. The molecule has 0 unspecified atom stereocenters. The fraction of sp³-hybridized carbons (Fsp3) is 0.692. The lowest BCUT2D eigenvalue weighted by molar-refractivity contribution is 0.0341. The monoisotopic (exact) mass is 282 g/mol. The summed E-state index contributed by atoms with van der Waals surface area (Å²) < 4.78 is 5.35. The lowest BCUT2D eigenvalue weighted by Gasteiger charge is -2.25. The second-order valence-corrected chi connectivity index (χ2v) is 6.92. The van der Waals surface area contributed by atoms with Gasteiger partial charge < -0.3 is 10.5 Å². The summed E-state index contributed by atoms with van der Waals surface area (Å²) in [5, 5.41) is 8.74. The number of nitrogens with two attached hydrogens (primary N) is 1. The van der Waals surface area contributed by atoms with E-state index in [1.165, 1.54) is 0 Å². The molecule has 1 aliphatic rings. The molecule has 1 aliphatic heterocycles. The van der Waals surface area contributed by atoms with Gasteiger partial charge in [-0.15, -0.1) is 11.3 Å². The molecule has 1 aromatic heterocycles. The molecular weight excluding hydrogens is 260 g/mol. The molecule has 6 heteroatoms. The zero-order chi connectivity index (χ0) is 14.0. The molecule has 0 radical (unpaired) electrons. The van der Waals surface area contributed by atoms with Gasteiger partial charge >= 0.3 is 0 Å². The van der Waals surface area contributed by atoms with Gasteiger partial charge in [-0.25, -0.2) is 4.98 Å². The molecule has 3 N–H and O–H groups in total. The van der Waals surface area contributed by atoms with Gasteiger partial charge in [-0.3, -0.25) is 10.3 Å². The summed E-state index contributed by atoms with van der Waals surface area (Å²) in [4.78, 5) is 7.86. The van der Waals surface area contributed by atoms with Crippen molar-refractivity contribution in [1.29, 1.82) is 5.41 Å². The van der Waals surface area contributed by atoms with Gasteiger partial charge in [0, 0.05) is 18.5 Å². The van der Waals surface area contributed by atoms with Crippen LogP contribution >= 0.6 is 11.3 Å². The standard InChI is InChI=1S/C13H22N4OS/c1-13(2,3)11-10(12(14)15)19-9(16-11)8-17-4-6-18-7-5-17/h4-8H2,1-3H3,(H3,14,15). The van der Waals surface area contributed by atoms with Crippen LogP contribution in [0.4, 0.5) is 0 Å². The van der Waals surface area contributed by atoms with Crippen molar-refractivity contribution < 1.29 is 4.74 Å². The minimum absolute atomic E-state index is 0.0826. The van der Waals surface area contributed by atoms with E-state index in [9.17, 15) is 0 Å². The van der Waals surface area contributed by atoms with Crippen molar-refractivity contribution in [2.24, 2.45) is 5.73 Å². The van der Waals surface area contributed by atoms with Crippen LogP contribution in [0.5, 0.6) is 0 Å². The van der Waals surface area contributed by atoms with Crippen molar-refractivity contribution in [3.63, 3.8) is 0 Å². The molecule has 19 heavy (non-hydrogen) atoms. The number of ether oxygens (including phenoxy) is 1. The van der Waals surface area contributed by atoms with Crippen LogP contribution in [0.2, 0.25) is 0 Å². The highest BCUT2D eigenvalue weighted by Gasteiger charge is 2.25. The topological polar surface area (TPSA) is 75.2 Å². The highest BCUT2D eigenvalue weighted by molar-refractivity contribution is 7.13. The summed E-state index contributed by atoms with van der Waals surface area (Å²) in [6.45, 7) is 10.6. The molecule has 2 heterocycles. The summed E-state index contributed by atoms with van der Waals surface area (Å²) in [7, 11) is 0. The lowest BCUT2D eigenvalue weighted by atomic mass is 9.91. The quantitative estimate of drug-likeness (QED) is 0.651. The van der Waals surface area contributed by atoms with Crippen molar-refractivity contribution in [3.05, 3.63) is 15.6 Å². The predicted molar refractivity (Wildman–Crippen MR) is 77.9 cm³/mol. The molecule has 0 aromatic carbocycles. The van der Waals surface area contributed by atoms with E-state index in [1.54, 1.807) is 11.3 Å². The second-order valence-electron chi connectivity index (χ2n) is 5.84. The molecular formula is C13H22N4OS. The van der Waals surface area contributed by atoms with Crippen molar-refractivity contribution >= 4 is 17.2 Å². The Morgan fingerprint density at radius 2 is 2.05 bits per heavy atom. The average molecular weight is 282 g/mol. The van der Waals surface area contributed by atoms with Crippen LogP contribution < -0.4 is 5.73 Å². The Morgan fingerprint density at radius 3 is 2.53 bits per heavy atom. The van der Waals surface area contributed by atoms with E-state index in [0.717, 1.165) is 48.4 Å². The van der Waals surface area contributed by atoms with Gasteiger partial charge in [0.15, 0.2) is 0 Å². The molecule has 1 aromatic rings. The zero-order valence-corrected chi connectivity index (χ0v) is 12.6. The highest BCUT2D eigenvalue weighted by Crippen LogP contribution is 2.29. The van der Waals surface area contributed by atoms with E-state index >= 15 is 0 Å². The van der Waals surface area contributed by atoms with Crippen molar-refractivity contribution in [1.82, 2.24) is 9.88 Å². The molecule has 0 amide bonds. The summed E-state index contributed by atoms with van der Waals surface area (Å²) in [5.41, 5.74) is 6.53. The normalized spacial score (nSPS) is 17.6. The van der Waals surface area contributed by atoms with Crippen LogP contribution in [0, 0.1) is 5.41 Å². The summed E-state index contributed by atoms with van der Waals surface area (Å²) in [6.07, 6.45) is 0. The van der Waals surface area contributed by atoms with E-state index in [1.807, 2.05) is 0 Å². The van der Waals surface area contributed by atoms with Crippen LogP contribution in [-0.4, -0.2) is 42.0 Å². The Labute approximate surface area is 118 Å². The zero-order valence-electron chi connectivity index (χ0n) is 11.8. The Hall–Kier alpha value is -0.980. The Kier molecular flexibility index (Phi) is 4.23. The maximum Gasteiger partial charge on any atom is 0.135 e. The number of aromatic nitrogens is 1. The summed E-state index contributed by atoms with van der Waals surface area (Å²) >= 11 is 1.54. The summed E-state index contributed by atoms with van der Waals surface area (Å²) in [6, 6.07) is 0. The van der Waals surface area contributed by atoms with Gasteiger partial charge in [-0.1, -0.05) is 20.8 Å². The number of nitrogens with one attached hydrogen (secondary N) is 1. The number of hydrogen-bond donors (Lipinski definition) is 2. The van der Waals surface area contributed by atoms with E-state index in [2.05, 4.69) is 25.7 Å². The molecule has 2 rings (SSSR count). The SMILES string of the molecule is CC(C)(C)c1nc(CN2CCOCC2)sc1C(=N)N. The first kappa shape index (κ1) is 14.4. The van der Waals surface area contributed by atoms with Gasteiger partial charge in [0.05, 0.1) is 30.3 Å². The van der Waals surface area contributed by atoms with Crippen molar-refractivity contribution in [2.75, 3.05) is 26.3 Å². The minimum Gasteiger partial charge on any atom is -0.383 e. The van der Waals surface area contributed by atoms with Gasteiger partial charge in [0.25, 0.3) is 0 Å². The maximum absolute atomic E-state index is 7.70.